The van der Waals surface area contributed by atoms with Crippen molar-refractivity contribution >= 4 is 21.9 Å². The van der Waals surface area contributed by atoms with Gasteiger partial charge in [-0.15, -0.1) is 0 Å². The van der Waals surface area contributed by atoms with Crippen LogP contribution < -0.4 is 0 Å². The number of carbonyl (C=O) groups excluding carboxylic acids is 1. The maximum absolute atomic E-state index is 12.2. The maximum atomic E-state index is 12.2. The van der Waals surface area contributed by atoms with Gasteiger partial charge in [-0.05, 0) is 26.2 Å². The molecular weight excluding hydrogens is 308 g/mol. The van der Waals surface area contributed by atoms with Gasteiger partial charge in [0.1, 0.15) is 6.54 Å². The van der Waals surface area contributed by atoms with E-state index in [1.165, 1.54) is 9.21 Å². The van der Waals surface area contributed by atoms with Crippen LogP contribution in [0.1, 0.15) is 46.0 Å². The van der Waals surface area contributed by atoms with E-state index in [0.29, 0.717) is 32.4 Å². The average molecular weight is 334 g/mol. The summed E-state index contributed by atoms with van der Waals surface area (Å²) in [7, 11) is -3.21. The molecule has 22 heavy (non-hydrogen) atoms. The van der Waals surface area contributed by atoms with E-state index in [-0.39, 0.29) is 24.2 Å². The van der Waals surface area contributed by atoms with Crippen LogP contribution in [0.4, 0.5) is 0 Å². The van der Waals surface area contributed by atoms with Crippen molar-refractivity contribution in [3.05, 3.63) is 0 Å². The lowest BCUT2D eigenvalue weighted by Crippen LogP contribution is -2.50. The first-order valence-corrected chi connectivity index (χ1v) is 9.41. The van der Waals surface area contributed by atoms with E-state index in [0.717, 1.165) is 12.8 Å². The number of hydrogen-bond donors (Lipinski definition) is 1. The molecule has 1 fully saturated rings. The molecule has 8 heteroatoms. The fourth-order valence-electron chi connectivity index (χ4n) is 2.65. The summed E-state index contributed by atoms with van der Waals surface area (Å²) >= 11 is 0. The highest BCUT2D eigenvalue weighted by atomic mass is 32.2. The molecular formula is C14H26N2O5S. The number of piperidine rings is 1. The van der Waals surface area contributed by atoms with Crippen molar-refractivity contribution in [1.82, 2.24) is 9.21 Å². The molecule has 1 amide bonds. The van der Waals surface area contributed by atoms with Crippen LogP contribution in [0, 0.1) is 0 Å². The molecule has 0 radical (unpaired) electrons. The molecule has 0 aromatic rings. The Labute approximate surface area is 132 Å². The summed E-state index contributed by atoms with van der Waals surface area (Å²) in [5.41, 5.74) is 0. The number of unbranched alkanes of at least 4 members (excludes halogenated alkanes) is 1. The number of amides is 1. The minimum Gasteiger partial charge on any atom is -0.480 e. The monoisotopic (exact) mass is 334 g/mol. The van der Waals surface area contributed by atoms with Crippen molar-refractivity contribution in [2.24, 2.45) is 0 Å². The van der Waals surface area contributed by atoms with Crippen LogP contribution in [0.5, 0.6) is 0 Å². The molecule has 1 aliphatic rings. The van der Waals surface area contributed by atoms with Crippen LogP contribution in [0.25, 0.3) is 0 Å². The highest BCUT2D eigenvalue weighted by Gasteiger charge is 2.32. The van der Waals surface area contributed by atoms with Crippen LogP contribution in [-0.4, -0.2) is 66.0 Å². The van der Waals surface area contributed by atoms with Crippen molar-refractivity contribution in [1.29, 1.82) is 0 Å². The minimum absolute atomic E-state index is 0.0614. The number of sulfonamides is 1. The van der Waals surface area contributed by atoms with Crippen LogP contribution in [0.3, 0.4) is 0 Å². The summed E-state index contributed by atoms with van der Waals surface area (Å²) in [6, 6.07) is -0.191. The van der Waals surface area contributed by atoms with Gasteiger partial charge in [0.25, 0.3) is 0 Å². The Kier molecular flexibility index (Phi) is 7.28. The largest absolute Gasteiger partial charge is 0.480 e. The van der Waals surface area contributed by atoms with E-state index in [9.17, 15) is 18.0 Å². The number of nitrogens with zero attached hydrogens (tertiary/aromatic N) is 2. The summed E-state index contributed by atoms with van der Waals surface area (Å²) in [6.07, 6.45) is 2.93. The first-order chi connectivity index (χ1) is 10.3. The first-order valence-electron chi connectivity index (χ1n) is 7.80. The second-order valence-electron chi connectivity index (χ2n) is 5.55. The molecule has 1 N–H and O–H groups in total. The van der Waals surface area contributed by atoms with Gasteiger partial charge in [0.2, 0.25) is 15.9 Å². The molecule has 0 aromatic heterocycles. The zero-order valence-corrected chi connectivity index (χ0v) is 14.1. The number of rotatable bonds is 8. The highest BCUT2D eigenvalue weighted by Crippen LogP contribution is 2.20. The quantitative estimate of drug-likeness (QED) is 0.712. The van der Waals surface area contributed by atoms with E-state index in [2.05, 4.69) is 0 Å². The molecule has 1 rings (SSSR count). The SMILES string of the molecule is CCCCC(=O)N(CC(=O)O)C1CCN(S(=O)(=O)CC)CC1. The van der Waals surface area contributed by atoms with Crippen LogP contribution in [-0.2, 0) is 19.6 Å². The molecule has 0 saturated carbocycles. The predicted octanol–water partition coefficient (Wildman–Crippen LogP) is 0.904. The lowest BCUT2D eigenvalue weighted by atomic mass is 10.0. The molecule has 0 atom stereocenters. The smallest absolute Gasteiger partial charge is 0.323 e. The van der Waals surface area contributed by atoms with Gasteiger partial charge in [-0.3, -0.25) is 9.59 Å². The van der Waals surface area contributed by atoms with Crippen molar-refractivity contribution in [2.75, 3.05) is 25.4 Å². The second-order valence-corrected chi connectivity index (χ2v) is 7.81. The van der Waals surface area contributed by atoms with Crippen LogP contribution in [0.15, 0.2) is 0 Å². The lowest BCUT2D eigenvalue weighted by molar-refractivity contribution is -0.146. The fourth-order valence-corrected chi connectivity index (χ4v) is 3.79. The summed E-state index contributed by atoms with van der Waals surface area (Å²) in [5, 5.41) is 9.01. The Morgan fingerprint density at radius 1 is 1.23 bits per heavy atom. The lowest BCUT2D eigenvalue weighted by Gasteiger charge is -2.37. The Morgan fingerprint density at radius 2 is 1.82 bits per heavy atom. The number of hydrogen-bond acceptors (Lipinski definition) is 4. The topological polar surface area (TPSA) is 95.0 Å². The molecule has 0 unspecified atom stereocenters. The third kappa shape index (κ3) is 5.24. The standard InChI is InChI=1S/C14H26N2O5S/c1-3-5-6-13(17)16(11-14(18)19)12-7-9-15(10-8-12)22(20,21)4-2/h12H,3-11H2,1-2H3,(H,18,19). The van der Waals surface area contributed by atoms with Gasteiger partial charge in [-0.2, -0.15) is 0 Å². The average Bonchev–Trinajstić information content (AvgIpc) is 2.50. The van der Waals surface area contributed by atoms with E-state index in [4.69, 9.17) is 5.11 Å². The van der Waals surface area contributed by atoms with Gasteiger partial charge in [0.15, 0.2) is 0 Å². The van der Waals surface area contributed by atoms with Crippen molar-refractivity contribution in [3.63, 3.8) is 0 Å². The van der Waals surface area contributed by atoms with Crippen molar-refractivity contribution in [3.8, 4) is 0 Å². The summed E-state index contributed by atoms with van der Waals surface area (Å²) in [6.45, 7) is 3.96. The number of carboxylic acids is 1. The Hall–Kier alpha value is -1.15. The van der Waals surface area contributed by atoms with E-state index in [1.807, 2.05) is 6.92 Å². The van der Waals surface area contributed by atoms with Gasteiger partial charge < -0.3 is 10.0 Å². The molecule has 1 heterocycles. The number of carboxylic acid groups (broad SMARTS) is 1. The van der Waals surface area contributed by atoms with E-state index >= 15 is 0 Å². The minimum atomic E-state index is -3.21. The molecule has 0 aromatic carbocycles. The Bertz CT molecular complexity index is 483. The highest BCUT2D eigenvalue weighted by molar-refractivity contribution is 7.89. The molecule has 0 bridgehead atoms. The van der Waals surface area contributed by atoms with Crippen molar-refractivity contribution in [2.45, 2.75) is 52.0 Å². The molecule has 0 aliphatic carbocycles. The Balaban J connectivity index is 2.69. The molecule has 1 aliphatic heterocycles. The van der Waals surface area contributed by atoms with E-state index < -0.39 is 16.0 Å². The Morgan fingerprint density at radius 3 is 2.27 bits per heavy atom. The summed E-state index contributed by atoms with van der Waals surface area (Å²) < 4.78 is 25.1. The van der Waals surface area contributed by atoms with E-state index in [1.54, 1.807) is 6.92 Å². The van der Waals surface area contributed by atoms with Crippen LogP contribution >= 0.6 is 0 Å². The molecule has 128 valence electrons. The van der Waals surface area contributed by atoms with Gasteiger partial charge in [0, 0.05) is 25.6 Å². The second kappa shape index (κ2) is 8.47. The fraction of sp³-hybridized carbons (Fsp3) is 0.857. The summed E-state index contributed by atoms with van der Waals surface area (Å²) in [5.74, 6) is -1.12. The molecule has 7 nitrogen and oxygen atoms in total. The number of aliphatic carboxylic acids is 1. The van der Waals surface area contributed by atoms with Crippen LogP contribution in [0.2, 0.25) is 0 Å². The van der Waals surface area contributed by atoms with Gasteiger partial charge in [-0.25, -0.2) is 12.7 Å². The normalized spacial score (nSPS) is 17.4. The zero-order chi connectivity index (χ0) is 16.8. The molecule has 1 saturated heterocycles. The third-order valence-electron chi connectivity index (χ3n) is 3.99. The first kappa shape index (κ1) is 18.9. The predicted molar refractivity (Wildman–Crippen MR) is 82.9 cm³/mol. The zero-order valence-electron chi connectivity index (χ0n) is 13.3. The third-order valence-corrected chi connectivity index (χ3v) is 5.87. The van der Waals surface area contributed by atoms with Gasteiger partial charge >= 0.3 is 5.97 Å². The van der Waals surface area contributed by atoms with Gasteiger partial charge in [-0.1, -0.05) is 13.3 Å². The maximum Gasteiger partial charge on any atom is 0.323 e. The van der Waals surface area contributed by atoms with Gasteiger partial charge in [0.05, 0.1) is 5.75 Å². The molecule has 0 spiro atoms. The van der Waals surface area contributed by atoms with Crippen molar-refractivity contribution < 1.29 is 23.1 Å². The number of carbonyl (C=O) groups is 2. The summed E-state index contributed by atoms with van der Waals surface area (Å²) in [4.78, 5) is 24.6.